The van der Waals surface area contributed by atoms with Gasteiger partial charge in [0.25, 0.3) is 6.43 Å². The van der Waals surface area contributed by atoms with Crippen LogP contribution in [0, 0.1) is 23.7 Å². The lowest BCUT2D eigenvalue weighted by molar-refractivity contribution is -0.140. The second-order valence-corrected chi connectivity index (χ2v) is 10.6. The third-order valence-electron chi connectivity index (χ3n) is 7.51. The summed E-state index contributed by atoms with van der Waals surface area (Å²) in [5, 5.41) is 3.43. The minimum Gasteiger partial charge on any atom is -0.378 e. The number of carbonyl (C=O) groups is 2. The predicted molar refractivity (Wildman–Crippen MR) is 134 cm³/mol. The summed E-state index contributed by atoms with van der Waals surface area (Å²) >= 11 is 0. The Labute approximate surface area is 211 Å². The third kappa shape index (κ3) is 6.48. The molecule has 1 amide bonds. The van der Waals surface area contributed by atoms with Crippen LogP contribution >= 0.6 is 0 Å². The van der Waals surface area contributed by atoms with Gasteiger partial charge in [0.15, 0.2) is 11.6 Å². The number of rotatable bonds is 10. The number of ketones is 1. The molecule has 198 valence electrons. The molecule has 2 aromatic rings. The van der Waals surface area contributed by atoms with Crippen molar-refractivity contribution >= 4 is 22.7 Å². The number of morpholine rings is 1. The number of fused-ring (bicyclic) bond motifs is 1. The second-order valence-electron chi connectivity index (χ2n) is 10.6. The highest BCUT2D eigenvalue weighted by Gasteiger charge is 2.35. The molecule has 7 nitrogen and oxygen atoms in total. The topological polar surface area (TPSA) is 76.5 Å². The molecule has 1 N–H and O–H groups in total. The van der Waals surface area contributed by atoms with Crippen molar-refractivity contribution in [2.24, 2.45) is 23.7 Å². The fourth-order valence-electron chi connectivity index (χ4n) is 5.56. The van der Waals surface area contributed by atoms with Gasteiger partial charge >= 0.3 is 0 Å². The number of halogens is 2. The molecule has 36 heavy (non-hydrogen) atoms. The first-order valence-corrected chi connectivity index (χ1v) is 13.2. The van der Waals surface area contributed by atoms with Crippen molar-refractivity contribution in [3.8, 4) is 0 Å². The quantitative estimate of drug-likeness (QED) is 0.495. The van der Waals surface area contributed by atoms with Gasteiger partial charge in [0.2, 0.25) is 5.91 Å². The van der Waals surface area contributed by atoms with E-state index in [2.05, 4.69) is 24.1 Å². The van der Waals surface area contributed by atoms with Crippen LogP contribution in [0.4, 0.5) is 8.78 Å². The Kier molecular flexibility index (Phi) is 9.06. The molecule has 1 aromatic heterocycles. The van der Waals surface area contributed by atoms with E-state index in [9.17, 15) is 18.4 Å². The standard InChI is InChI=1S/C27H38F2N4O3/c1-18(2)7-8-19(20-13-21(16-30-15-20)27(35)32-9-11-36-12-10-32)14-24(34)26-31-22-5-3-4-6-23(22)33(26)17-25(28)29/h3-6,18-21,25,30H,7-17H2,1-2H3/t19?,20-,21+/m0/s1. The molecule has 1 unspecified atom stereocenters. The second kappa shape index (κ2) is 12.2. The largest absolute Gasteiger partial charge is 0.378 e. The molecule has 3 atom stereocenters. The van der Waals surface area contributed by atoms with Crippen molar-refractivity contribution in [3.63, 3.8) is 0 Å². The van der Waals surface area contributed by atoms with Crippen LogP contribution < -0.4 is 5.32 Å². The number of hydrogen-bond donors (Lipinski definition) is 1. The van der Waals surface area contributed by atoms with E-state index in [1.165, 1.54) is 4.57 Å². The van der Waals surface area contributed by atoms with Crippen LogP contribution in [0.15, 0.2) is 24.3 Å². The molecular formula is C27H38F2N4O3. The van der Waals surface area contributed by atoms with Gasteiger partial charge < -0.3 is 19.5 Å². The fraction of sp³-hybridized carbons (Fsp3) is 0.667. The lowest BCUT2D eigenvalue weighted by Gasteiger charge is -2.37. The van der Waals surface area contributed by atoms with Crippen LogP contribution in [0.5, 0.6) is 0 Å². The highest BCUT2D eigenvalue weighted by Crippen LogP contribution is 2.33. The summed E-state index contributed by atoms with van der Waals surface area (Å²) in [7, 11) is 0. The number of nitrogens with one attached hydrogen (secondary N) is 1. The number of para-hydroxylation sites is 2. The number of hydrogen-bond acceptors (Lipinski definition) is 5. The molecule has 4 rings (SSSR count). The van der Waals surface area contributed by atoms with Crippen LogP contribution in [-0.4, -0.2) is 72.0 Å². The maximum Gasteiger partial charge on any atom is 0.256 e. The Hall–Kier alpha value is -2.39. The lowest BCUT2D eigenvalue weighted by Crippen LogP contribution is -2.50. The number of amides is 1. The molecule has 2 aliphatic rings. The van der Waals surface area contributed by atoms with E-state index in [-0.39, 0.29) is 41.7 Å². The van der Waals surface area contributed by atoms with E-state index in [1.807, 2.05) is 4.90 Å². The first kappa shape index (κ1) is 26.7. The average molecular weight is 505 g/mol. The summed E-state index contributed by atoms with van der Waals surface area (Å²) in [5.74, 6) is 0.619. The average Bonchev–Trinajstić information content (AvgIpc) is 3.24. The normalized spacial score (nSPS) is 21.9. The van der Waals surface area contributed by atoms with Crippen LogP contribution in [0.1, 0.15) is 50.1 Å². The van der Waals surface area contributed by atoms with Crippen LogP contribution in [-0.2, 0) is 16.1 Å². The molecule has 9 heteroatoms. The van der Waals surface area contributed by atoms with Crippen LogP contribution in [0.2, 0.25) is 0 Å². The molecular weight excluding hydrogens is 466 g/mol. The number of carbonyl (C=O) groups excluding carboxylic acids is 2. The summed E-state index contributed by atoms with van der Waals surface area (Å²) in [6.07, 6.45) is 0.199. The summed E-state index contributed by atoms with van der Waals surface area (Å²) < 4.78 is 33.5. The molecule has 0 aliphatic carbocycles. The van der Waals surface area contributed by atoms with Gasteiger partial charge in [0.05, 0.1) is 36.7 Å². The van der Waals surface area contributed by atoms with Crippen molar-refractivity contribution in [2.45, 2.75) is 52.5 Å². The van der Waals surface area contributed by atoms with Gasteiger partial charge in [-0.1, -0.05) is 32.4 Å². The Bertz CT molecular complexity index is 1040. The maximum atomic E-state index is 13.5. The molecule has 0 saturated carbocycles. The Morgan fingerprint density at radius 1 is 1.14 bits per heavy atom. The smallest absolute Gasteiger partial charge is 0.256 e. The Morgan fingerprint density at radius 2 is 1.89 bits per heavy atom. The lowest BCUT2D eigenvalue weighted by atomic mass is 9.76. The van der Waals surface area contributed by atoms with Gasteiger partial charge in [0.1, 0.15) is 0 Å². The van der Waals surface area contributed by atoms with E-state index in [4.69, 9.17) is 4.74 Å². The van der Waals surface area contributed by atoms with Gasteiger partial charge in [-0.2, -0.15) is 0 Å². The first-order valence-electron chi connectivity index (χ1n) is 13.2. The van der Waals surface area contributed by atoms with Crippen molar-refractivity contribution < 1.29 is 23.1 Å². The predicted octanol–water partition coefficient (Wildman–Crippen LogP) is 4.01. The summed E-state index contributed by atoms with van der Waals surface area (Å²) in [5.41, 5.74) is 1.10. The number of nitrogens with zero attached hydrogens (tertiary/aromatic N) is 3. The van der Waals surface area contributed by atoms with Gasteiger partial charge in [-0.25, -0.2) is 13.8 Å². The number of imidazole rings is 1. The molecule has 0 radical (unpaired) electrons. The van der Waals surface area contributed by atoms with E-state index in [0.717, 1.165) is 25.8 Å². The zero-order valence-electron chi connectivity index (χ0n) is 21.3. The van der Waals surface area contributed by atoms with Crippen LogP contribution in [0.3, 0.4) is 0 Å². The number of piperidine rings is 1. The minimum atomic E-state index is -2.58. The number of aromatic nitrogens is 2. The zero-order valence-corrected chi connectivity index (χ0v) is 21.3. The fourth-order valence-corrected chi connectivity index (χ4v) is 5.56. The molecule has 0 bridgehead atoms. The minimum absolute atomic E-state index is 0.0486. The summed E-state index contributed by atoms with van der Waals surface area (Å²) in [6.45, 7) is 7.53. The third-order valence-corrected chi connectivity index (χ3v) is 7.51. The molecule has 0 spiro atoms. The van der Waals surface area contributed by atoms with Gasteiger partial charge in [-0.3, -0.25) is 9.59 Å². The zero-order chi connectivity index (χ0) is 25.7. The Balaban J connectivity index is 1.52. The highest BCUT2D eigenvalue weighted by molar-refractivity contribution is 5.96. The highest BCUT2D eigenvalue weighted by atomic mass is 19.3. The number of ether oxygens (including phenoxy) is 1. The molecule has 2 saturated heterocycles. The molecule has 1 aromatic carbocycles. The number of alkyl halides is 2. The van der Waals surface area contributed by atoms with E-state index < -0.39 is 13.0 Å². The molecule has 2 aliphatic heterocycles. The van der Waals surface area contributed by atoms with Gasteiger partial charge in [0, 0.05) is 26.1 Å². The summed E-state index contributed by atoms with van der Waals surface area (Å²) in [6, 6.07) is 7.04. The number of benzene rings is 1. The van der Waals surface area contributed by atoms with Crippen molar-refractivity contribution in [2.75, 3.05) is 39.4 Å². The van der Waals surface area contributed by atoms with E-state index in [1.54, 1.807) is 24.3 Å². The van der Waals surface area contributed by atoms with Crippen molar-refractivity contribution in [3.05, 3.63) is 30.1 Å². The Morgan fingerprint density at radius 3 is 2.61 bits per heavy atom. The van der Waals surface area contributed by atoms with E-state index >= 15 is 0 Å². The van der Waals surface area contributed by atoms with Crippen molar-refractivity contribution in [1.82, 2.24) is 19.8 Å². The van der Waals surface area contributed by atoms with Crippen LogP contribution in [0.25, 0.3) is 11.0 Å². The van der Waals surface area contributed by atoms with Crippen molar-refractivity contribution in [1.29, 1.82) is 0 Å². The first-order chi connectivity index (χ1) is 17.3. The molecule has 3 heterocycles. The summed E-state index contributed by atoms with van der Waals surface area (Å²) in [4.78, 5) is 33.0. The van der Waals surface area contributed by atoms with Gasteiger partial charge in [-0.15, -0.1) is 0 Å². The maximum absolute atomic E-state index is 13.5. The molecule has 2 fully saturated rings. The van der Waals surface area contributed by atoms with Gasteiger partial charge in [-0.05, 0) is 49.3 Å². The van der Waals surface area contributed by atoms with E-state index in [0.29, 0.717) is 49.8 Å². The SMILES string of the molecule is CC(C)CCC(CC(=O)c1nc2ccccc2n1CC(F)F)[C@@H]1CNC[C@H](C(=O)N2CCOCC2)C1. The monoisotopic (exact) mass is 504 g/mol. The number of Topliss-reactive ketones (excluding diaryl/α,β-unsaturated/α-hetero) is 1.